The lowest BCUT2D eigenvalue weighted by Gasteiger charge is -2.26. The lowest BCUT2D eigenvalue weighted by Crippen LogP contribution is -2.37. The number of aromatic nitrogens is 2. The second-order valence-corrected chi connectivity index (χ2v) is 7.51. The molecule has 0 saturated carbocycles. The first-order valence-corrected chi connectivity index (χ1v) is 9.57. The highest BCUT2D eigenvalue weighted by molar-refractivity contribution is 7.99. The van der Waals surface area contributed by atoms with Gasteiger partial charge in [0.15, 0.2) is 0 Å². The normalized spacial score (nSPS) is 15.0. The maximum atomic E-state index is 12.2. The van der Waals surface area contributed by atoms with Crippen molar-refractivity contribution >= 4 is 17.7 Å². The summed E-state index contributed by atoms with van der Waals surface area (Å²) in [5.74, 6) is 3.85. The van der Waals surface area contributed by atoms with Crippen molar-refractivity contribution in [1.29, 1.82) is 0 Å². The molecule has 1 aromatic carbocycles. The van der Waals surface area contributed by atoms with Crippen molar-refractivity contribution in [3.8, 4) is 11.4 Å². The van der Waals surface area contributed by atoms with Gasteiger partial charge in [-0.05, 0) is 11.5 Å². The van der Waals surface area contributed by atoms with Gasteiger partial charge in [0.05, 0.1) is 0 Å². The van der Waals surface area contributed by atoms with Crippen LogP contribution < -0.4 is 0 Å². The van der Waals surface area contributed by atoms with Crippen LogP contribution in [0.1, 0.15) is 37.6 Å². The third-order valence-electron chi connectivity index (χ3n) is 4.22. The number of carbonyl (C=O) groups is 1. The molecule has 1 saturated heterocycles. The largest absolute Gasteiger partial charge is 0.341 e. The molecule has 1 fully saturated rings. The number of benzene rings is 1. The maximum absolute atomic E-state index is 12.2. The summed E-state index contributed by atoms with van der Waals surface area (Å²) in [5, 5.41) is 4.04. The topological polar surface area (TPSA) is 59.2 Å². The first-order chi connectivity index (χ1) is 11.6. The van der Waals surface area contributed by atoms with Gasteiger partial charge in [0, 0.05) is 43.0 Å². The summed E-state index contributed by atoms with van der Waals surface area (Å²) in [6.45, 7) is 6.03. The minimum atomic E-state index is 0.177. The maximum Gasteiger partial charge on any atom is 0.227 e. The molecule has 0 unspecified atom stereocenters. The summed E-state index contributed by atoms with van der Waals surface area (Å²) in [6, 6.07) is 8.21. The van der Waals surface area contributed by atoms with E-state index in [9.17, 15) is 4.79 Å². The van der Waals surface area contributed by atoms with E-state index in [4.69, 9.17) is 4.52 Å². The number of aryl methyl sites for hydroxylation is 1. The van der Waals surface area contributed by atoms with E-state index in [0.717, 1.165) is 30.2 Å². The predicted octanol–water partition coefficient (Wildman–Crippen LogP) is 3.37. The van der Waals surface area contributed by atoms with Crippen LogP contribution >= 0.6 is 11.8 Å². The SMILES string of the molecule is CC(C)c1ccc(-c2noc(CCC(=O)N3CCSCC3)n2)cc1. The van der Waals surface area contributed by atoms with Gasteiger partial charge >= 0.3 is 0 Å². The number of hydrogen-bond donors (Lipinski definition) is 0. The summed E-state index contributed by atoms with van der Waals surface area (Å²) in [4.78, 5) is 18.5. The fraction of sp³-hybridized carbons (Fsp3) is 0.500. The minimum absolute atomic E-state index is 0.177. The molecule has 0 radical (unpaired) electrons. The third-order valence-corrected chi connectivity index (χ3v) is 5.16. The molecule has 0 aliphatic carbocycles. The van der Waals surface area contributed by atoms with Crippen LogP contribution in [-0.4, -0.2) is 45.5 Å². The molecule has 1 aliphatic rings. The van der Waals surface area contributed by atoms with Gasteiger partial charge < -0.3 is 9.42 Å². The summed E-state index contributed by atoms with van der Waals surface area (Å²) in [5.41, 5.74) is 2.22. The van der Waals surface area contributed by atoms with Gasteiger partial charge in [-0.1, -0.05) is 43.3 Å². The Balaban J connectivity index is 1.58. The molecule has 0 bridgehead atoms. The average Bonchev–Trinajstić information content (AvgIpc) is 3.09. The van der Waals surface area contributed by atoms with Crippen molar-refractivity contribution in [3.05, 3.63) is 35.7 Å². The Morgan fingerprint density at radius 3 is 2.62 bits per heavy atom. The van der Waals surface area contributed by atoms with E-state index < -0.39 is 0 Å². The van der Waals surface area contributed by atoms with E-state index in [2.05, 4.69) is 36.1 Å². The molecule has 3 rings (SSSR count). The summed E-state index contributed by atoms with van der Waals surface area (Å²) < 4.78 is 5.30. The van der Waals surface area contributed by atoms with Crippen LogP contribution in [0.3, 0.4) is 0 Å². The van der Waals surface area contributed by atoms with Gasteiger partial charge in [0.2, 0.25) is 17.6 Å². The highest BCUT2D eigenvalue weighted by Crippen LogP contribution is 2.21. The molecular weight excluding hydrogens is 322 g/mol. The zero-order chi connectivity index (χ0) is 16.9. The van der Waals surface area contributed by atoms with Crippen molar-refractivity contribution < 1.29 is 9.32 Å². The van der Waals surface area contributed by atoms with Crippen LogP contribution in [0.2, 0.25) is 0 Å². The van der Waals surface area contributed by atoms with Crippen LogP contribution in [0.25, 0.3) is 11.4 Å². The first kappa shape index (κ1) is 17.0. The fourth-order valence-electron chi connectivity index (χ4n) is 2.68. The number of nitrogens with zero attached hydrogens (tertiary/aromatic N) is 3. The van der Waals surface area contributed by atoms with Gasteiger partial charge in [-0.15, -0.1) is 0 Å². The fourth-order valence-corrected chi connectivity index (χ4v) is 3.58. The Morgan fingerprint density at radius 1 is 1.25 bits per heavy atom. The molecule has 24 heavy (non-hydrogen) atoms. The van der Waals surface area contributed by atoms with Crippen LogP contribution in [0.15, 0.2) is 28.8 Å². The van der Waals surface area contributed by atoms with Crippen LogP contribution in [0, 0.1) is 0 Å². The summed E-state index contributed by atoms with van der Waals surface area (Å²) in [7, 11) is 0. The standard InChI is InChI=1S/C18H23N3O2S/c1-13(2)14-3-5-15(6-4-14)18-19-16(23-20-18)7-8-17(22)21-9-11-24-12-10-21/h3-6,13H,7-12H2,1-2H3. The van der Waals surface area contributed by atoms with E-state index in [0.29, 0.717) is 30.5 Å². The molecule has 2 aromatic rings. The number of amides is 1. The Kier molecular flexibility index (Phi) is 5.56. The molecule has 1 aromatic heterocycles. The molecule has 0 N–H and O–H groups in total. The zero-order valence-electron chi connectivity index (χ0n) is 14.2. The van der Waals surface area contributed by atoms with E-state index >= 15 is 0 Å². The highest BCUT2D eigenvalue weighted by Gasteiger charge is 2.18. The zero-order valence-corrected chi connectivity index (χ0v) is 15.0. The molecule has 6 heteroatoms. The molecule has 5 nitrogen and oxygen atoms in total. The molecule has 1 aliphatic heterocycles. The molecular formula is C18H23N3O2S. The molecule has 0 spiro atoms. The van der Waals surface area contributed by atoms with Gasteiger partial charge in [0.1, 0.15) is 0 Å². The van der Waals surface area contributed by atoms with E-state index in [1.54, 1.807) is 0 Å². The molecule has 2 heterocycles. The highest BCUT2D eigenvalue weighted by atomic mass is 32.2. The van der Waals surface area contributed by atoms with E-state index in [1.807, 2.05) is 28.8 Å². The van der Waals surface area contributed by atoms with Crippen LogP contribution in [0.5, 0.6) is 0 Å². The molecule has 128 valence electrons. The van der Waals surface area contributed by atoms with Crippen molar-refractivity contribution in [3.63, 3.8) is 0 Å². The third kappa shape index (κ3) is 4.17. The van der Waals surface area contributed by atoms with Gasteiger partial charge in [-0.2, -0.15) is 16.7 Å². The molecule has 0 atom stereocenters. The average molecular weight is 345 g/mol. The lowest BCUT2D eigenvalue weighted by molar-refractivity contribution is -0.130. The summed E-state index contributed by atoms with van der Waals surface area (Å²) >= 11 is 1.90. The van der Waals surface area contributed by atoms with Crippen molar-refractivity contribution in [2.75, 3.05) is 24.6 Å². The van der Waals surface area contributed by atoms with Crippen molar-refractivity contribution in [1.82, 2.24) is 15.0 Å². The lowest BCUT2D eigenvalue weighted by atomic mass is 10.0. The Hall–Kier alpha value is -1.82. The predicted molar refractivity (Wildman–Crippen MR) is 96.0 cm³/mol. The minimum Gasteiger partial charge on any atom is -0.341 e. The van der Waals surface area contributed by atoms with Crippen LogP contribution in [-0.2, 0) is 11.2 Å². The smallest absolute Gasteiger partial charge is 0.227 e. The van der Waals surface area contributed by atoms with E-state index in [1.165, 1.54) is 5.56 Å². The Morgan fingerprint density at radius 2 is 1.96 bits per heavy atom. The van der Waals surface area contributed by atoms with Crippen LogP contribution in [0.4, 0.5) is 0 Å². The van der Waals surface area contributed by atoms with Gasteiger partial charge in [-0.25, -0.2) is 0 Å². The second-order valence-electron chi connectivity index (χ2n) is 6.28. The summed E-state index contributed by atoms with van der Waals surface area (Å²) in [6.07, 6.45) is 0.929. The number of carbonyl (C=O) groups excluding carboxylic acids is 1. The van der Waals surface area contributed by atoms with Gasteiger partial charge in [-0.3, -0.25) is 4.79 Å². The van der Waals surface area contributed by atoms with E-state index in [-0.39, 0.29) is 5.91 Å². The number of hydrogen-bond acceptors (Lipinski definition) is 5. The quantitative estimate of drug-likeness (QED) is 0.831. The first-order valence-electron chi connectivity index (χ1n) is 8.42. The molecule has 1 amide bonds. The van der Waals surface area contributed by atoms with Crippen molar-refractivity contribution in [2.45, 2.75) is 32.6 Å². The van der Waals surface area contributed by atoms with Gasteiger partial charge in [0.25, 0.3) is 0 Å². The Bertz CT molecular complexity index is 676. The Labute approximate surface area is 146 Å². The van der Waals surface area contributed by atoms with Crippen molar-refractivity contribution in [2.24, 2.45) is 0 Å². The number of rotatable bonds is 5. The second kappa shape index (κ2) is 7.83. The monoisotopic (exact) mass is 345 g/mol. The number of thioether (sulfide) groups is 1.